The number of ketones is 1. The van der Waals surface area contributed by atoms with Crippen molar-refractivity contribution >= 4 is 5.78 Å². The summed E-state index contributed by atoms with van der Waals surface area (Å²) in [5.74, 6) is 6.73. The maximum absolute atomic E-state index is 11.2. The molecule has 0 aliphatic carbocycles. The summed E-state index contributed by atoms with van der Waals surface area (Å²) in [7, 11) is 1.61. The van der Waals surface area contributed by atoms with Crippen LogP contribution >= 0.6 is 0 Å². The molecule has 1 aromatic heterocycles. The van der Waals surface area contributed by atoms with Crippen molar-refractivity contribution in [3.63, 3.8) is 0 Å². The number of nitrogens with zero attached hydrogens (tertiary/aromatic N) is 2. The molecule has 0 saturated carbocycles. The monoisotopic (exact) mass is 352 g/mol. The maximum Gasteiger partial charge on any atom is 0.316 e. The second kappa shape index (κ2) is 10.3. The third kappa shape index (κ3) is 7.04. The Labute approximate surface area is 154 Å². The largest absolute Gasteiger partial charge is 0.461 e. The van der Waals surface area contributed by atoms with E-state index in [-0.39, 0.29) is 5.78 Å². The molecule has 0 aliphatic rings. The first kappa shape index (κ1) is 19.6. The molecule has 0 radical (unpaired) electrons. The SMILES string of the molecule is COCCOc1ncc(C#Cc2ccc(CC(C)CC(C)=O)cc2)cn1. The van der Waals surface area contributed by atoms with Gasteiger partial charge < -0.3 is 14.3 Å². The minimum Gasteiger partial charge on any atom is -0.461 e. The molecular weight excluding hydrogens is 328 g/mol. The molecule has 1 unspecified atom stereocenters. The zero-order valence-electron chi connectivity index (χ0n) is 15.5. The third-order valence-electron chi connectivity index (χ3n) is 3.67. The van der Waals surface area contributed by atoms with E-state index >= 15 is 0 Å². The normalized spacial score (nSPS) is 11.3. The average Bonchev–Trinajstić information content (AvgIpc) is 2.62. The van der Waals surface area contributed by atoms with Crippen LogP contribution < -0.4 is 4.74 Å². The highest BCUT2D eigenvalue weighted by Gasteiger charge is 2.06. The molecule has 0 N–H and O–H groups in total. The van der Waals surface area contributed by atoms with E-state index in [2.05, 4.69) is 40.9 Å². The van der Waals surface area contributed by atoms with E-state index < -0.39 is 0 Å². The Hall–Kier alpha value is -2.71. The van der Waals surface area contributed by atoms with Crippen LogP contribution in [0.15, 0.2) is 36.7 Å². The van der Waals surface area contributed by atoms with E-state index in [1.807, 2.05) is 12.1 Å². The predicted octanol–water partition coefficient (Wildman–Crippen LogP) is 3.06. The summed E-state index contributed by atoms with van der Waals surface area (Å²) in [5, 5.41) is 0. The highest BCUT2D eigenvalue weighted by molar-refractivity contribution is 5.75. The van der Waals surface area contributed by atoms with Gasteiger partial charge in [0.25, 0.3) is 0 Å². The van der Waals surface area contributed by atoms with E-state index in [4.69, 9.17) is 9.47 Å². The number of Topliss-reactive ketones (excluding diaryl/α,β-unsaturated/α-hetero) is 1. The number of benzene rings is 1. The van der Waals surface area contributed by atoms with Gasteiger partial charge in [-0.05, 0) is 37.0 Å². The zero-order chi connectivity index (χ0) is 18.8. The topological polar surface area (TPSA) is 61.3 Å². The van der Waals surface area contributed by atoms with Gasteiger partial charge in [0, 0.05) is 31.5 Å². The lowest BCUT2D eigenvalue weighted by Crippen LogP contribution is -2.06. The van der Waals surface area contributed by atoms with E-state index in [9.17, 15) is 4.79 Å². The maximum atomic E-state index is 11.2. The first-order chi connectivity index (χ1) is 12.6. The fourth-order valence-electron chi connectivity index (χ4n) is 2.51. The van der Waals surface area contributed by atoms with Gasteiger partial charge in [0.15, 0.2) is 0 Å². The van der Waals surface area contributed by atoms with E-state index in [1.54, 1.807) is 26.4 Å². The smallest absolute Gasteiger partial charge is 0.316 e. The third-order valence-corrected chi connectivity index (χ3v) is 3.67. The molecule has 0 bridgehead atoms. The van der Waals surface area contributed by atoms with Crippen molar-refractivity contribution in [1.82, 2.24) is 9.97 Å². The van der Waals surface area contributed by atoms with Gasteiger partial charge in [-0.3, -0.25) is 0 Å². The van der Waals surface area contributed by atoms with Crippen molar-refractivity contribution in [2.45, 2.75) is 26.7 Å². The van der Waals surface area contributed by atoms with Crippen LogP contribution in [0.25, 0.3) is 0 Å². The summed E-state index contributed by atoms with van der Waals surface area (Å²) in [5.41, 5.74) is 2.86. The molecule has 26 heavy (non-hydrogen) atoms. The molecule has 2 rings (SSSR count). The summed E-state index contributed by atoms with van der Waals surface area (Å²) in [4.78, 5) is 19.4. The van der Waals surface area contributed by atoms with Crippen LogP contribution in [0.5, 0.6) is 6.01 Å². The molecule has 1 atom stereocenters. The van der Waals surface area contributed by atoms with Crippen LogP contribution in [0.1, 0.15) is 37.0 Å². The number of carbonyl (C=O) groups is 1. The molecule has 0 amide bonds. The van der Waals surface area contributed by atoms with Crippen LogP contribution in [0.3, 0.4) is 0 Å². The molecule has 1 heterocycles. The molecule has 5 nitrogen and oxygen atoms in total. The Bertz CT molecular complexity index is 759. The lowest BCUT2D eigenvalue weighted by molar-refractivity contribution is -0.117. The highest BCUT2D eigenvalue weighted by atomic mass is 16.5. The number of methoxy groups -OCH3 is 1. The van der Waals surface area contributed by atoms with Gasteiger partial charge in [0.1, 0.15) is 12.4 Å². The Balaban J connectivity index is 1.92. The van der Waals surface area contributed by atoms with Crippen LogP contribution in [0.2, 0.25) is 0 Å². The Morgan fingerprint density at radius 1 is 1.08 bits per heavy atom. The van der Waals surface area contributed by atoms with Gasteiger partial charge in [-0.2, -0.15) is 0 Å². The quantitative estimate of drug-likeness (QED) is 0.540. The minimum atomic E-state index is 0.234. The minimum absolute atomic E-state index is 0.234. The van der Waals surface area contributed by atoms with E-state index in [0.717, 1.165) is 17.5 Å². The molecular formula is C21H24N2O3. The van der Waals surface area contributed by atoms with Gasteiger partial charge in [-0.15, -0.1) is 0 Å². The molecule has 0 aliphatic heterocycles. The number of carbonyl (C=O) groups excluding carboxylic acids is 1. The van der Waals surface area contributed by atoms with Crippen molar-refractivity contribution in [3.05, 3.63) is 53.3 Å². The van der Waals surface area contributed by atoms with Crippen molar-refractivity contribution in [2.75, 3.05) is 20.3 Å². The Morgan fingerprint density at radius 2 is 1.73 bits per heavy atom. The van der Waals surface area contributed by atoms with Crippen molar-refractivity contribution < 1.29 is 14.3 Å². The molecule has 1 aromatic carbocycles. The summed E-state index contributed by atoms with van der Waals surface area (Å²) in [6, 6.07) is 8.42. The zero-order valence-corrected chi connectivity index (χ0v) is 15.5. The van der Waals surface area contributed by atoms with Gasteiger partial charge in [-0.1, -0.05) is 30.9 Å². The summed E-state index contributed by atoms with van der Waals surface area (Å²) in [6.45, 7) is 4.64. The second-order valence-corrected chi connectivity index (χ2v) is 6.26. The number of ether oxygens (including phenoxy) is 2. The molecule has 2 aromatic rings. The van der Waals surface area contributed by atoms with Crippen LogP contribution in [0, 0.1) is 17.8 Å². The Morgan fingerprint density at radius 3 is 2.35 bits per heavy atom. The molecule has 0 spiro atoms. The van der Waals surface area contributed by atoms with Crippen molar-refractivity contribution in [2.24, 2.45) is 5.92 Å². The predicted molar refractivity (Wildman–Crippen MR) is 100.0 cm³/mol. The van der Waals surface area contributed by atoms with Gasteiger partial charge in [0.2, 0.25) is 0 Å². The number of aromatic nitrogens is 2. The fraction of sp³-hybridized carbons (Fsp3) is 0.381. The summed E-state index contributed by atoms with van der Waals surface area (Å²) in [6.07, 6.45) is 4.79. The van der Waals surface area contributed by atoms with Gasteiger partial charge in [-0.25, -0.2) is 9.97 Å². The highest BCUT2D eigenvalue weighted by Crippen LogP contribution is 2.13. The number of hydrogen-bond acceptors (Lipinski definition) is 5. The van der Waals surface area contributed by atoms with Gasteiger partial charge in [0.05, 0.1) is 12.2 Å². The summed E-state index contributed by atoms with van der Waals surface area (Å²) < 4.78 is 10.2. The molecule has 0 saturated heterocycles. The van der Waals surface area contributed by atoms with Crippen LogP contribution in [0.4, 0.5) is 0 Å². The van der Waals surface area contributed by atoms with E-state index in [0.29, 0.717) is 31.6 Å². The first-order valence-electron chi connectivity index (χ1n) is 8.61. The standard InChI is InChI=1S/C21H24N2O3/c1-16(12-17(2)24)13-19-7-4-18(5-8-19)6-9-20-14-22-21(23-15-20)26-11-10-25-3/h4-5,7-8,14-16H,10-13H2,1-3H3. The fourth-order valence-corrected chi connectivity index (χ4v) is 2.51. The van der Waals surface area contributed by atoms with Crippen molar-refractivity contribution in [1.29, 1.82) is 0 Å². The van der Waals surface area contributed by atoms with E-state index in [1.165, 1.54) is 5.56 Å². The molecule has 0 fully saturated rings. The van der Waals surface area contributed by atoms with Gasteiger partial charge >= 0.3 is 6.01 Å². The first-order valence-corrected chi connectivity index (χ1v) is 8.61. The molecule has 136 valence electrons. The molecule has 5 heteroatoms. The van der Waals surface area contributed by atoms with Crippen LogP contribution in [-0.2, 0) is 16.0 Å². The van der Waals surface area contributed by atoms with Crippen LogP contribution in [-0.4, -0.2) is 36.1 Å². The Kier molecular flexibility index (Phi) is 7.78. The lowest BCUT2D eigenvalue weighted by Gasteiger charge is -2.09. The average molecular weight is 352 g/mol. The summed E-state index contributed by atoms with van der Waals surface area (Å²) >= 11 is 0. The second-order valence-electron chi connectivity index (χ2n) is 6.26. The van der Waals surface area contributed by atoms with Crippen molar-refractivity contribution in [3.8, 4) is 17.9 Å². The number of hydrogen-bond donors (Lipinski definition) is 0. The lowest BCUT2D eigenvalue weighted by atomic mass is 9.96. The number of rotatable bonds is 8.